The number of carbonyl (C=O) groups excluding carboxylic acids is 1. The van der Waals surface area contributed by atoms with Gasteiger partial charge in [0.1, 0.15) is 73.2 Å². The quantitative estimate of drug-likeness (QED) is 0.0199. The van der Waals surface area contributed by atoms with Gasteiger partial charge in [-0.2, -0.15) is 0 Å². The molecule has 17 atom stereocenters. The largest absolute Gasteiger partial charge is 0.394 e. The summed E-state index contributed by atoms with van der Waals surface area (Å²) in [5.41, 5.74) is 0. The van der Waals surface area contributed by atoms with Gasteiger partial charge in [-0.3, -0.25) is 4.79 Å². The van der Waals surface area contributed by atoms with Gasteiger partial charge in [0, 0.05) is 6.42 Å². The summed E-state index contributed by atoms with van der Waals surface area (Å²) < 4.78 is 34.7. The molecule has 3 heterocycles. The minimum absolute atomic E-state index is 0.232. The van der Waals surface area contributed by atoms with Gasteiger partial charge in [0.25, 0.3) is 0 Å². The molecular formula is C98H185NO18. The number of hydrogen-bond acceptors (Lipinski definition) is 18. The fourth-order valence-corrected chi connectivity index (χ4v) is 17.1. The van der Waals surface area contributed by atoms with Crippen molar-refractivity contribution >= 4 is 5.91 Å². The van der Waals surface area contributed by atoms with Crippen LogP contribution < -0.4 is 5.32 Å². The minimum atomic E-state index is -1.97. The van der Waals surface area contributed by atoms with Crippen molar-refractivity contribution in [3.63, 3.8) is 0 Å². The van der Waals surface area contributed by atoms with E-state index in [2.05, 4.69) is 55.6 Å². The first-order chi connectivity index (χ1) is 57.3. The Bertz CT molecular complexity index is 2240. The summed E-state index contributed by atoms with van der Waals surface area (Å²) in [5, 5.41) is 122. The van der Waals surface area contributed by atoms with E-state index < -0.39 is 124 Å². The third-order valence-corrected chi connectivity index (χ3v) is 25.0. The maximum absolute atomic E-state index is 13.6. The van der Waals surface area contributed by atoms with E-state index >= 15 is 0 Å². The van der Waals surface area contributed by atoms with Gasteiger partial charge in [0.2, 0.25) is 5.91 Å². The van der Waals surface area contributed by atoms with Gasteiger partial charge in [-0.15, -0.1) is 0 Å². The average molecular weight is 1670 g/mol. The SMILES string of the molecule is CCCCCCC/C=C\C/C=C\C/C=C\CCCCCCCCCCCCCCCCCCCCCCCCCCCCC(=O)NC(COC1OC(CO)C(OC2OC(CO)C(OC3OC(CO)C(O)C(O)C3O)C(O)C2O)C(O)C1O)C(O)CCCCCCCCCCCCCCCCCCCCCCCCCCCCCCCCC. The Balaban J connectivity index is 1.27. The third kappa shape index (κ3) is 55.2. The maximum Gasteiger partial charge on any atom is 0.220 e. The molecule has 3 aliphatic rings. The number of rotatable bonds is 83. The summed E-state index contributed by atoms with van der Waals surface area (Å²) in [6, 6.07) is -0.888. The van der Waals surface area contributed by atoms with E-state index in [-0.39, 0.29) is 18.9 Å². The van der Waals surface area contributed by atoms with Gasteiger partial charge in [0.05, 0.1) is 38.6 Å². The number of hydrogen-bond donors (Lipinski definition) is 12. The van der Waals surface area contributed by atoms with Crippen molar-refractivity contribution in [3.05, 3.63) is 36.5 Å². The average Bonchev–Trinajstić information content (AvgIpc) is 0.778. The molecule has 0 saturated carbocycles. The molecule has 12 N–H and O–H groups in total. The normalized spacial score (nSPS) is 24.5. The summed E-state index contributed by atoms with van der Waals surface area (Å²) in [7, 11) is 0. The number of allylic oxidation sites excluding steroid dienone is 6. The van der Waals surface area contributed by atoms with Crippen LogP contribution in [0.3, 0.4) is 0 Å². The first-order valence-corrected chi connectivity index (χ1v) is 49.7. The molecule has 0 aromatic carbocycles. The van der Waals surface area contributed by atoms with Gasteiger partial charge in [-0.25, -0.2) is 0 Å². The van der Waals surface area contributed by atoms with Crippen LogP contribution in [-0.2, 0) is 33.2 Å². The summed E-state index contributed by atoms with van der Waals surface area (Å²) in [6.45, 7) is 1.87. The fraction of sp³-hybridized carbons (Fsp3) is 0.929. The van der Waals surface area contributed by atoms with Crippen LogP contribution in [0, 0.1) is 0 Å². The Kier molecular flexibility index (Phi) is 72.4. The van der Waals surface area contributed by atoms with Crippen LogP contribution in [0.15, 0.2) is 36.5 Å². The molecule has 117 heavy (non-hydrogen) atoms. The smallest absolute Gasteiger partial charge is 0.220 e. The monoisotopic (exact) mass is 1660 g/mol. The number of aliphatic hydroxyl groups excluding tert-OH is 11. The van der Waals surface area contributed by atoms with Gasteiger partial charge in [-0.1, -0.05) is 429 Å². The Labute approximate surface area is 714 Å². The van der Waals surface area contributed by atoms with E-state index in [9.17, 15) is 61.0 Å². The Morgan fingerprint density at radius 2 is 0.564 bits per heavy atom. The topological polar surface area (TPSA) is 307 Å². The number of aliphatic hydroxyl groups is 11. The Morgan fingerprint density at radius 3 is 0.880 bits per heavy atom. The number of unbranched alkanes of at least 4 members (excludes halogenated alkanes) is 61. The number of carbonyl (C=O) groups is 1. The molecule has 3 fully saturated rings. The number of amides is 1. The summed E-state index contributed by atoms with van der Waals surface area (Å²) in [4.78, 5) is 13.6. The Hall–Kier alpha value is -1.99. The van der Waals surface area contributed by atoms with Crippen molar-refractivity contribution in [3.8, 4) is 0 Å². The standard InChI is InChI=1S/C98H185NO18/c1-3-5-7-9-11-13-15-17-19-21-23-25-27-29-31-33-35-36-37-38-39-40-41-42-43-44-46-48-50-52-54-56-58-60-62-64-66-68-70-72-74-76-86(104)99-81(82(103)75-73-71-69-67-65-63-61-59-57-55-53-51-49-47-45-34-32-30-28-26-24-22-20-18-16-14-12-10-8-6-4-2)80-112-96-92(110)89(107)94(84(78-101)114-96)117-98-93(111)90(108)95(85(79-102)115-98)116-97-91(109)88(106)87(105)83(77-100)113-97/h15,17,21,23,27,29,81-85,87-98,100-103,105-111H,3-14,16,18-20,22,24-26,28,30-80H2,1-2H3,(H,99,104)/b17-15-,23-21-,29-27-. The van der Waals surface area contributed by atoms with E-state index in [1.54, 1.807) is 0 Å². The lowest BCUT2D eigenvalue weighted by molar-refractivity contribution is -0.379. The lowest BCUT2D eigenvalue weighted by Gasteiger charge is -2.48. The predicted molar refractivity (Wildman–Crippen MR) is 476 cm³/mol. The van der Waals surface area contributed by atoms with Crippen LogP contribution in [0.1, 0.15) is 450 Å². The summed E-state index contributed by atoms with van der Waals surface area (Å²) >= 11 is 0. The van der Waals surface area contributed by atoms with E-state index in [4.69, 9.17) is 28.4 Å². The molecule has 3 saturated heterocycles. The molecule has 0 spiro atoms. The molecule has 19 heteroatoms. The van der Waals surface area contributed by atoms with Crippen LogP contribution >= 0.6 is 0 Å². The zero-order chi connectivity index (χ0) is 84.5. The van der Waals surface area contributed by atoms with Gasteiger partial charge < -0.3 is 89.9 Å². The van der Waals surface area contributed by atoms with Gasteiger partial charge in [-0.05, 0) is 51.4 Å². The van der Waals surface area contributed by atoms with E-state index in [0.29, 0.717) is 12.8 Å². The molecule has 0 aromatic rings. The van der Waals surface area contributed by atoms with Crippen LogP contribution in [0.5, 0.6) is 0 Å². The molecule has 3 rings (SSSR count). The molecule has 1 amide bonds. The lowest BCUT2D eigenvalue weighted by atomic mass is 9.96. The summed E-state index contributed by atoms with van der Waals surface area (Å²) in [5.74, 6) is -0.232. The summed E-state index contributed by atoms with van der Waals surface area (Å²) in [6.07, 6.45) is 74.3. The van der Waals surface area contributed by atoms with Crippen LogP contribution in [-0.4, -0.2) is 193 Å². The molecule has 0 bridgehead atoms. The molecule has 17 unspecified atom stereocenters. The second-order valence-electron chi connectivity index (χ2n) is 35.6. The van der Waals surface area contributed by atoms with Crippen LogP contribution in [0.2, 0.25) is 0 Å². The second-order valence-corrected chi connectivity index (χ2v) is 35.6. The van der Waals surface area contributed by atoms with Gasteiger partial charge in [0.15, 0.2) is 18.9 Å². The highest BCUT2D eigenvalue weighted by Crippen LogP contribution is 2.34. The number of nitrogens with one attached hydrogen (secondary N) is 1. The lowest BCUT2D eigenvalue weighted by Crippen LogP contribution is -2.66. The zero-order valence-corrected chi connectivity index (χ0v) is 75.0. The highest BCUT2D eigenvalue weighted by atomic mass is 16.8. The first-order valence-electron chi connectivity index (χ1n) is 49.7. The van der Waals surface area contributed by atoms with Crippen molar-refractivity contribution in [2.24, 2.45) is 0 Å². The van der Waals surface area contributed by atoms with Crippen molar-refractivity contribution < 1.29 is 89.4 Å². The molecule has 0 aromatic heterocycles. The zero-order valence-electron chi connectivity index (χ0n) is 75.0. The Morgan fingerprint density at radius 1 is 0.308 bits per heavy atom. The molecular weight excluding hydrogens is 1480 g/mol. The predicted octanol–water partition coefficient (Wildman–Crippen LogP) is 20.5. The highest BCUT2D eigenvalue weighted by molar-refractivity contribution is 5.76. The molecule has 0 radical (unpaired) electrons. The molecule has 3 aliphatic heterocycles. The fourth-order valence-electron chi connectivity index (χ4n) is 17.1. The third-order valence-electron chi connectivity index (χ3n) is 25.0. The van der Waals surface area contributed by atoms with Crippen molar-refractivity contribution in [1.29, 1.82) is 0 Å². The van der Waals surface area contributed by atoms with Crippen LogP contribution in [0.4, 0.5) is 0 Å². The van der Waals surface area contributed by atoms with Crippen molar-refractivity contribution in [2.45, 2.75) is 555 Å². The maximum atomic E-state index is 13.6. The van der Waals surface area contributed by atoms with Gasteiger partial charge >= 0.3 is 0 Å². The minimum Gasteiger partial charge on any atom is -0.394 e. The van der Waals surface area contributed by atoms with E-state index in [0.717, 1.165) is 57.8 Å². The van der Waals surface area contributed by atoms with Crippen molar-refractivity contribution in [1.82, 2.24) is 5.32 Å². The highest BCUT2D eigenvalue weighted by Gasteiger charge is 2.54. The van der Waals surface area contributed by atoms with Crippen LogP contribution in [0.25, 0.3) is 0 Å². The van der Waals surface area contributed by atoms with E-state index in [1.165, 1.54) is 360 Å². The molecule has 19 nitrogen and oxygen atoms in total. The second kappa shape index (κ2) is 77.6. The van der Waals surface area contributed by atoms with Crippen molar-refractivity contribution in [2.75, 3.05) is 26.4 Å². The molecule has 0 aliphatic carbocycles. The number of ether oxygens (including phenoxy) is 6. The molecule has 690 valence electrons. The van der Waals surface area contributed by atoms with E-state index in [1.807, 2.05) is 0 Å². The first kappa shape index (κ1) is 109.